The van der Waals surface area contributed by atoms with Crippen LogP contribution in [0.25, 0.3) is 0 Å². The second-order valence-corrected chi connectivity index (χ2v) is 8.27. The summed E-state index contributed by atoms with van der Waals surface area (Å²) in [7, 11) is 0. The van der Waals surface area contributed by atoms with Gasteiger partial charge in [0.05, 0.1) is 0 Å². The lowest BCUT2D eigenvalue weighted by atomic mass is 9.95. The third kappa shape index (κ3) is 4.85. The smallest absolute Gasteiger partial charge is 0.336 e. The van der Waals surface area contributed by atoms with Crippen LogP contribution >= 0.6 is 0 Å². The van der Waals surface area contributed by atoms with Gasteiger partial charge in [-0.1, -0.05) is 43.5 Å². The molecule has 2 aliphatic rings. The summed E-state index contributed by atoms with van der Waals surface area (Å²) < 4.78 is 5.40. The van der Waals surface area contributed by atoms with Crippen molar-refractivity contribution in [3.8, 4) is 11.9 Å². The maximum absolute atomic E-state index is 12.0. The Kier molecular flexibility index (Phi) is 7.04. The summed E-state index contributed by atoms with van der Waals surface area (Å²) in [5.41, 5.74) is 3.32. The number of carbonyl (C=O) groups is 2. The van der Waals surface area contributed by atoms with E-state index in [-0.39, 0.29) is 17.4 Å². The Hall–Kier alpha value is -3.96. The molecule has 174 valence electrons. The van der Waals surface area contributed by atoms with Gasteiger partial charge in [0, 0.05) is 57.5 Å². The molecule has 3 heterocycles. The van der Waals surface area contributed by atoms with Crippen molar-refractivity contribution < 1.29 is 14.3 Å². The van der Waals surface area contributed by atoms with Gasteiger partial charge < -0.3 is 14.5 Å². The molecule has 1 saturated heterocycles. The molecule has 34 heavy (non-hydrogen) atoms. The van der Waals surface area contributed by atoms with E-state index < -0.39 is 5.97 Å². The highest BCUT2D eigenvalue weighted by Crippen LogP contribution is 2.35. The van der Waals surface area contributed by atoms with Crippen LogP contribution in [0.15, 0.2) is 55.6 Å². The van der Waals surface area contributed by atoms with Crippen molar-refractivity contribution in [2.45, 2.75) is 19.5 Å². The number of aromatic nitrogens is 1. The number of ether oxygens (including phenoxy) is 1. The minimum Gasteiger partial charge on any atom is -0.403 e. The number of nitrogens with zero attached hydrogens (tertiary/aromatic N) is 5. The number of hydrogen-bond donors (Lipinski definition) is 0. The SMILES string of the molecule is C=CC(=O)Oc1nc(N2CCN(C(=O)C=C)CC2)c2c(c1C#N)CN(Cc1ccccc1)CC2. The summed E-state index contributed by atoms with van der Waals surface area (Å²) in [6.45, 7) is 11.4. The van der Waals surface area contributed by atoms with Gasteiger partial charge in [-0.3, -0.25) is 9.69 Å². The van der Waals surface area contributed by atoms with E-state index in [0.717, 1.165) is 36.7 Å². The molecule has 0 atom stereocenters. The van der Waals surface area contributed by atoms with Crippen LogP contribution in [0.2, 0.25) is 0 Å². The van der Waals surface area contributed by atoms with Crippen LogP contribution in [-0.4, -0.2) is 59.4 Å². The number of hydrogen-bond acceptors (Lipinski definition) is 7. The number of esters is 1. The molecule has 8 nitrogen and oxygen atoms in total. The van der Waals surface area contributed by atoms with Crippen molar-refractivity contribution in [2.24, 2.45) is 0 Å². The lowest BCUT2D eigenvalue weighted by molar-refractivity contribution is -0.129. The van der Waals surface area contributed by atoms with Crippen LogP contribution in [-0.2, 0) is 29.1 Å². The van der Waals surface area contributed by atoms with Crippen LogP contribution < -0.4 is 9.64 Å². The standard InChI is InChI=1S/C26H27N5O3/c1-3-23(32)30-12-14-31(15-13-30)25-20-10-11-29(17-19-8-6-5-7-9-19)18-22(20)21(16-27)26(28-25)34-24(33)4-2/h3-9H,1-2,10-15,17-18H2. The molecule has 2 aliphatic heterocycles. The van der Waals surface area contributed by atoms with Crippen molar-refractivity contribution in [3.05, 3.63) is 77.9 Å². The molecule has 1 aromatic carbocycles. The maximum Gasteiger partial charge on any atom is 0.336 e. The second-order valence-electron chi connectivity index (χ2n) is 8.27. The van der Waals surface area contributed by atoms with E-state index in [1.165, 1.54) is 11.6 Å². The summed E-state index contributed by atoms with van der Waals surface area (Å²) in [4.78, 5) is 34.8. The molecule has 4 rings (SSSR count). The molecule has 0 saturated carbocycles. The van der Waals surface area contributed by atoms with Crippen LogP contribution in [0.3, 0.4) is 0 Å². The average Bonchev–Trinajstić information content (AvgIpc) is 2.88. The number of pyridine rings is 1. The summed E-state index contributed by atoms with van der Waals surface area (Å²) in [5.74, 6) is -0.0295. The number of benzene rings is 1. The molecular formula is C26H27N5O3. The number of carbonyl (C=O) groups excluding carboxylic acids is 2. The maximum atomic E-state index is 12.0. The monoisotopic (exact) mass is 457 g/mol. The summed E-state index contributed by atoms with van der Waals surface area (Å²) >= 11 is 0. The quantitative estimate of drug-likeness (QED) is 0.486. The zero-order valence-electron chi connectivity index (χ0n) is 19.1. The van der Waals surface area contributed by atoms with Crippen molar-refractivity contribution >= 4 is 17.7 Å². The molecule has 1 fully saturated rings. The van der Waals surface area contributed by atoms with E-state index in [9.17, 15) is 14.9 Å². The van der Waals surface area contributed by atoms with Gasteiger partial charge >= 0.3 is 5.97 Å². The molecule has 0 radical (unpaired) electrons. The van der Waals surface area contributed by atoms with Gasteiger partial charge in [0.1, 0.15) is 17.5 Å². The highest BCUT2D eigenvalue weighted by molar-refractivity contribution is 5.87. The first-order valence-corrected chi connectivity index (χ1v) is 11.3. The van der Waals surface area contributed by atoms with Crippen LogP contribution in [0.4, 0.5) is 5.82 Å². The lowest BCUT2D eigenvalue weighted by Gasteiger charge is -2.38. The summed E-state index contributed by atoms with van der Waals surface area (Å²) in [5, 5.41) is 9.97. The summed E-state index contributed by atoms with van der Waals surface area (Å²) in [6, 6.07) is 12.4. The van der Waals surface area contributed by atoms with E-state index in [4.69, 9.17) is 4.74 Å². The molecule has 0 spiro atoms. The van der Waals surface area contributed by atoms with E-state index in [1.54, 1.807) is 4.90 Å². The van der Waals surface area contributed by atoms with Crippen molar-refractivity contribution in [1.29, 1.82) is 5.26 Å². The molecule has 0 N–H and O–H groups in total. The largest absolute Gasteiger partial charge is 0.403 e. The first-order valence-electron chi connectivity index (χ1n) is 11.3. The zero-order chi connectivity index (χ0) is 24.1. The molecular weight excluding hydrogens is 430 g/mol. The van der Waals surface area contributed by atoms with Crippen LogP contribution in [0.1, 0.15) is 22.3 Å². The Morgan fingerprint density at radius 1 is 1.06 bits per heavy atom. The third-order valence-electron chi connectivity index (χ3n) is 6.21. The average molecular weight is 458 g/mol. The first kappa shape index (κ1) is 23.2. The normalized spacial score (nSPS) is 15.7. The number of amides is 1. The van der Waals surface area contributed by atoms with Crippen LogP contribution in [0, 0.1) is 11.3 Å². The topological polar surface area (TPSA) is 89.8 Å². The zero-order valence-corrected chi connectivity index (χ0v) is 19.1. The predicted octanol–water partition coefficient (Wildman–Crippen LogP) is 2.44. The molecule has 0 aliphatic carbocycles. The fourth-order valence-corrected chi connectivity index (χ4v) is 4.48. The molecule has 1 aromatic heterocycles. The van der Waals surface area contributed by atoms with Gasteiger partial charge in [-0.25, -0.2) is 4.79 Å². The van der Waals surface area contributed by atoms with E-state index >= 15 is 0 Å². The molecule has 2 aromatic rings. The second kappa shape index (κ2) is 10.3. The molecule has 1 amide bonds. The Morgan fingerprint density at radius 2 is 1.79 bits per heavy atom. The highest BCUT2D eigenvalue weighted by Gasteiger charge is 2.31. The van der Waals surface area contributed by atoms with Crippen molar-refractivity contribution in [2.75, 3.05) is 37.6 Å². The van der Waals surface area contributed by atoms with Gasteiger partial charge in [-0.2, -0.15) is 10.2 Å². The van der Waals surface area contributed by atoms with Gasteiger partial charge in [0.25, 0.3) is 0 Å². The fourth-order valence-electron chi connectivity index (χ4n) is 4.48. The lowest BCUT2D eigenvalue weighted by Crippen LogP contribution is -2.49. The first-order chi connectivity index (χ1) is 16.5. The van der Waals surface area contributed by atoms with Crippen LogP contribution in [0.5, 0.6) is 5.88 Å². The third-order valence-corrected chi connectivity index (χ3v) is 6.21. The van der Waals surface area contributed by atoms with E-state index in [0.29, 0.717) is 38.5 Å². The van der Waals surface area contributed by atoms with Gasteiger partial charge in [0.2, 0.25) is 11.8 Å². The number of rotatable bonds is 6. The molecule has 8 heteroatoms. The van der Waals surface area contributed by atoms with Crippen molar-refractivity contribution in [3.63, 3.8) is 0 Å². The van der Waals surface area contributed by atoms with Gasteiger partial charge in [-0.15, -0.1) is 0 Å². The Morgan fingerprint density at radius 3 is 2.44 bits per heavy atom. The highest BCUT2D eigenvalue weighted by atomic mass is 16.5. The number of anilines is 1. The minimum atomic E-state index is -0.659. The number of piperazine rings is 1. The number of nitriles is 1. The molecule has 0 bridgehead atoms. The Labute approximate surface area is 199 Å². The van der Waals surface area contributed by atoms with Gasteiger partial charge in [0.15, 0.2) is 0 Å². The fraction of sp³-hybridized carbons (Fsp3) is 0.308. The van der Waals surface area contributed by atoms with E-state index in [1.807, 2.05) is 18.2 Å². The Balaban J connectivity index is 1.68. The van der Waals surface area contributed by atoms with Crippen molar-refractivity contribution in [1.82, 2.24) is 14.8 Å². The Bertz CT molecular complexity index is 1150. The minimum absolute atomic E-state index is 0.00677. The molecule has 0 unspecified atom stereocenters. The van der Waals surface area contributed by atoms with Gasteiger partial charge in [-0.05, 0) is 23.6 Å². The summed E-state index contributed by atoms with van der Waals surface area (Å²) in [6.07, 6.45) is 3.11. The predicted molar refractivity (Wildman–Crippen MR) is 128 cm³/mol. The van der Waals surface area contributed by atoms with E-state index in [2.05, 4.69) is 46.1 Å². The number of fused-ring (bicyclic) bond motifs is 1.